The van der Waals surface area contributed by atoms with Gasteiger partial charge in [-0.15, -0.1) is 11.3 Å². The van der Waals surface area contributed by atoms with E-state index < -0.39 is 0 Å². The summed E-state index contributed by atoms with van der Waals surface area (Å²) in [5.74, 6) is 1.87. The number of aryl methyl sites for hydroxylation is 1. The number of carbonyl (C=O) groups is 1. The van der Waals surface area contributed by atoms with Gasteiger partial charge in [0.25, 0.3) is 5.91 Å². The molecule has 1 aliphatic carbocycles. The molecule has 3 aromatic rings. The maximum absolute atomic E-state index is 13.1. The number of hydrogen-bond acceptors (Lipinski definition) is 4. The lowest BCUT2D eigenvalue weighted by Gasteiger charge is -2.31. The molecule has 5 heteroatoms. The van der Waals surface area contributed by atoms with Crippen LogP contribution in [0.1, 0.15) is 58.1 Å². The Bertz CT molecular complexity index is 956. The molecule has 1 aromatic carbocycles. The van der Waals surface area contributed by atoms with Gasteiger partial charge in [-0.05, 0) is 61.8 Å². The molecule has 1 amide bonds. The first kappa shape index (κ1) is 17.0. The van der Waals surface area contributed by atoms with Crippen LogP contribution in [0.3, 0.4) is 0 Å². The average molecular weight is 381 g/mol. The average Bonchev–Trinajstić information content (AvgIpc) is 3.31. The largest absolute Gasteiger partial charge is 0.440 e. The highest BCUT2D eigenvalue weighted by Gasteiger charge is 2.30. The lowest BCUT2D eigenvalue weighted by atomic mass is 9.90. The number of likely N-dealkylation sites (tertiary alicyclic amines) is 1. The van der Waals surface area contributed by atoms with Crippen LogP contribution >= 0.6 is 11.3 Å². The summed E-state index contributed by atoms with van der Waals surface area (Å²) < 4.78 is 5.97. The number of carbonyl (C=O) groups excluding carboxylic acids is 1. The maximum atomic E-state index is 13.1. The van der Waals surface area contributed by atoms with Crippen LogP contribution in [0.25, 0.3) is 11.1 Å². The van der Waals surface area contributed by atoms with E-state index >= 15 is 0 Å². The van der Waals surface area contributed by atoms with Gasteiger partial charge in [-0.1, -0.05) is 19.1 Å². The molecular weight excluding hydrogens is 356 g/mol. The third kappa shape index (κ3) is 3.18. The van der Waals surface area contributed by atoms with Gasteiger partial charge >= 0.3 is 0 Å². The fourth-order valence-electron chi connectivity index (χ4n) is 4.39. The SMILES string of the molecule is C[C@@H]1CCc2sc(C(=O)N3CCC[C@@H](c4nc5ccccc5o4)C3)cc2C1. The molecule has 0 bridgehead atoms. The van der Waals surface area contributed by atoms with E-state index in [4.69, 9.17) is 4.42 Å². The van der Waals surface area contributed by atoms with E-state index in [9.17, 15) is 4.79 Å². The van der Waals surface area contributed by atoms with Crippen LogP contribution in [0.2, 0.25) is 0 Å². The van der Waals surface area contributed by atoms with Crippen LogP contribution in [0, 0.1) is 5.92 Å². The normalized spacial score (nSPS) is 22.8. The summed E-state index contributed by atoms with van der Waals surface area (Å²) in [5, 5.41) is 0. The lowest BCUT2D eigenvalue weighted by Crippen LogP contribution is -2.38. The predicted molar refractivity (Wildman–Crippen MR) is 107 cm³/mol. The number of oxazole rings is 1. The number of piperidine rings is 1. The second-order valence-electron chi connectivity index (χ2n) is 8.02. The van der Waals surface area contributed by atoms with E-state index in [2.05, 4.69) is 18.0 Å². The standard InChI is InChI=1S/C22H24N2O2S/c1-14-8-9-19-16(11-14)12-20(27-19)22(25)24-10-4-5-15(13-24)21-23-17-6-2-3-7-18(17)26-21/h2-3,6-7,12,14-15H,4-5,8-11,13H2,1H3/t14-,15-/m1/s1. The number of rotatable bonds is 2. The highest BCUT2D eigenvalue weighted by molar-refractivity contribution is 7.14. The van der Waals surface area contributed by atoms with E-state index in [1.165, 1.54) is 16.9 Å². The number of hydrogen-bond donors (Lipinski definition) is 0. The van der Waals surface area contributed by atoms with Crippen molar-refractivity contribution in [1.29, 1.82) is 0 Å². The first-order chi connectivity index (χ1) is 13.2. The molecule has 3 heterocycles. The van der Waals surface area contributed by atoms with Crippen LogP contribution in [-0.2, 0) is 12.8 Å². The number of fused-ring (bicyclic) bond motifs is 2. The van der Waals surface area contributed by atoms with Crippen molar-refractivity contribution in [2.75, 3.05) is 13.1 Å². The maximum Gasteiger partial charge on any atom is 0.263 e. The van der Waals surface area contributed by atoms with Gasteiger partial charge in [0.05, 0.1) is 10.8 Å². The van der Waals surface area contributed by atoms with Gasteiger partial charge in [-0.3, -0.25) is 4.79 Å². The second-order valence-corrected chi connectivity index (χ2v) is 9.15. The van der Waals surface area contributed by atoms with Crippen LogP contribution in [0.4, 0.5) is 0 Å². The highest BCUT2D eigenvalue weighted by Crippen LogP contribution is 2.34. The lowest BCUT2D eigenvalue weighted by molar-refractivity contribution is 0.0704. The minimum atomic E-state index is 0.183. The van der Waals surface area contributed by atoms with Crippen LogP contribution in [-0.4, -0.2) is 28.9 Å². The molecule has 4 nitrogen and oxygen atoms in total. The summed E-state index contributed by atoms with van der Waals surface area (Å²) in [7, 11) is 0. The summed E-state index contributed by atoms with van der Waals surface area (Å²) in [6.07, 6.45) is 5.50. The smallest absolute Gasteiger partial charge is 0.263 e. The Morgan fingerprint density at radius 2 is 2.19 bits per heavy atom. The fraction of sp³-hybridized carbons (Fsp3) is 0.455. The molecular formula is C22H24N2O2S. The van der Waals surface area contributed by atoms with E-state index in [1.807, 2.05) is 29.2 Å². The number of aromatic nitrogens is 1. The minimum Gasteiger partial charge on any atom is -0.440 e. The van der Waals surface area contributed by atoms with Gasteiger partial charge in [0, 0.05) is 18.0 Å². The van der Waals surface area contributed by atoms with Crippen LogP contribution in [0.15, 0.2) is 34.7 Å². The van der Waals surface area contributed by atoms with Crippen molar-refractivity contribution in [2.45, 2.75) is 44.9 Å². The molecule has 2 aromatic heterocycles. The molecule has 0 N–H and O–H groups in total. The summed E-state index contributed by atoms with van der Waals surface area (Å²) in [4.78, 5) is 22.1. The summed E-state index contributed by atoms with van der Waals surface area (Å²) in [6, 6.07) is 10.0. The highest BCUT2D eigenvalue weighted by atomic mass is 32.1. The molecule has 5 rings (SSSR count). The Morgan fingerprint density at radius 3 is 3.07 bits per heavy atom. The monoisotopic (exact) mass is 380 g/mol. The fourth-order valence-corrected chi connectivity index (χ4v) is 5.57. The van der Waals surface area contributed by atoms with E-state index in [1.54, 1.807) is 11.3 Å². The second kappa shape index (κ2) is 6.79. The Balaban J connectivity index is 1.35. The summed E-state index contributed by atoms with van der Waals surface area (Å²) >= 11 is 1.71. The Labute approximate surface area is 163 Å². The molecule has 1 aliphatic heterocycles. The zero-order chi connectivity index (χ0) is 18.4. The minimum absolute atomic E-state index is 0.183. The van der Waals surface area contributed by atoms with E-state index in [0.717, 1.165) is 60.0 Å². The number of benzene rings is 1. The zero-order valence-corrected chi connectivity index (χ0v) is 16.4. The van der Waals surface area contributed by atoms with Crippen LogP contribution in [0.5, 0.6) is 0 Å². The van der Waals surface area contributed by atoms with Crippen molar-refractivity contribution in [3.8, 4) is 0 Å². The number of amides is 1. The molecule has 1 saturated heterocycles. The Kier molecular flexibility index (Phi) is 4.27. The molecule has 1 fully saturated rings. The third-order valence-electron chi connectivity index (χ3n) is 5.91. The molecule has 0 spiro atoms. The molecule has 0 unspecified atom stereocenters. The number of para-hydroxylation sites is 2. The molecule has 0 radical (unpaired) electrons. The van der Waals surface area contributed by atoms with Gasteiger partial charge in [0.15, 0.2) is 11.5 Å². The summed E-state index contributed by atoms with van der Waals surface area (Å²) in [5.41, 5.74) is 3.13. The molecule has 2 atom stereocenters. The molecule has 0 saturated carbocycles. The zero-order valence-electron chi connectivity index (χ0n) is 15.6. The van der Waals surface area contributed by atoms with Gasteiger partial charge in [-0.2, -0.15) is 0 Å². The van der Waals surface area contributed by atoms with Crippen molar-refractivity contribution in [2.24, 2.45) is 5.92 Å². The quantitative estimate of drug-likeness (QED) is 0.626. The van der Waals surface area contributed by atoms with E-state index in [-0.39, 0.29) is 11.8 Å². The number of thiophene rings is 1. The predicted octanol–water partition coefficient (Wildman–Crippen LogP) is 5.03. The van der Waals surface area contributed by atoms with Crippen molar-refractivity contribution >= 4 is 28.3 Å². The van der Waals surface area contributed by atoms with Gasteiger partial charge < -0.3 is 9.32 Å². The molecule has 27 heavy (non-hydrogen) atoms. The van der Waals surface area contributed by atoms with Crippen LogP contribution < -0.4 is 0 Å². The Hall–Kier alpha value is -2.14. The van der Waals surface area contributed by atoms with Gasteiger partial charge in [0.1, 0.15) is 5.52 Å². The van der Waals surface area contributed by atoms with Gasteiger partial charge in [-0.25, -0.2) is 4.98 Å². The Morgan fingerprint density at radius 1 is 1.30 bits per heavy atom. The van der Waals surface area contributed by atoms with Gasteiger partial charge in [0.2, 0.25) is 0 Å². The first-order valence-corrected chi connectivity index (χ1v) is 10.8. The summed E-state index contributed by atoms with van der Waals surface area (Å²) in [6.45, 7) is 3.83. The molecule has 140 valence electrons. The van der Waals surface area contributed by atoms with Crippen molar-refractivity contribution in [3.63, 3.8) is 0 Å². The van der Waals surface area contributed by atoms with Crippen molar-refractivity contribution < 1.29 is 9.21 Å². The first-order valence-electron chi connectivity index (χ1n) is 9.93. The molecule has 2 aliphatic rings. The topological polar surface area (TPSA) is 46.3 Å². The van der Waals surface area contributed by atoms with Crippen molar-refractivity contribution in [3.05, 3.63) is 51.5 Å². The third-order valence-corrected chi connectivity index (χ3v) is 7.13. The van der Waals surface area contributed by atoms with E-state index in [0.29, 0.717) is 6.54 Å². The van der Waals surface area contributed by atoms with Crippen molar-refractivity contribution in [1.82, 2.24) is 9.88 Å². The number of nitrogens with zero attached hydrogens (tertiary/aromatic N) is 2.